The Morgan fingerprint density at radius 1 is 1.53 bits per heavy atom. The minimum atomic E-state index is -0.601. The fourth-order valence-electron chi connectivity index (χ4n) is 1.39. The molecule has 1 aromatic rings. The van der Waals surface area contributed by atoms with Crippen LogP contribution in [0.15, 0.2) is 18.2 Å². The van der Waals surface area contributed by atoms with Crippen LogP contribution in [0.2, 0.25) is 5.02 Å². The number of hydrogen-bond acceptors (Lipinski definition) is 4. The Morgan fingerprint density at radius 3 is 2.82 bits per heavy atom. The monoisotopic (exact) mass is 254 g/mol. The largest absolute Gasteiger partial charge is 0.489 e. The third-order valence-electron chi connectivity index (χ3n) is 2.09. The third-order valence-corrected chi connectivity index (χ3v) is 2.41. The summed E-state index contributed by atoms with van der Waals surface area (Å²) in [5, 5.41) is 18.9. The molecule has 0 radical (unpaired) electrons. The first kappa shape index (κ1) is 13.8. The van der Waals surface area contributed by atoms with Gasteiger partial charge in [-0.15, -0.1) is 0 Å². The lowest BCUT2D eigenvalue weighted by Gasteiger charge is -2.17. The first-order valence-electron chi connectivity index (χ1n) is 5.18. The normalized spacial score (nSPS) is 12.2. The second-order valence-electron chi connectivity index (χ2n) is 3.95. The van der Waals surface area contributed by atoms with Gasteiger partial charge in [0.1, 0.15) is 30.1 Å². The lowest BCUT2D eigenvalue weighted by molar-refractivity contribution is 0.0830. The van der Waals surface area contributed by atoms with Gasteiger partial charge in [0, 0.05) is 6.54 Å². The van der Waals surface area contributed by atoms with Crippen molar-refractivity contribution in [2.45, 2.75) is 6.10 Å². The van der Waals surface area contributed by atoms with E-state index in [0.29, 0.717) is 22.9 Å². The molecule has 92 valence electrons. The predicted molar refractivity (Wildman–Crippen MR) is 66.2 cm³/mol. The van der Waals surface area contributed by atoms with Gasteiger partial charge in [0.25, 0.3) is 0 Å². The zero-order chi connectivity index (χ0) is 12.8. The van der Waals surface area contributed by atoms with Crippen molar-refractivity contribution in [2.75, 3.05) is 27.2 Å². The van der Waals surface area contributed by atoms with E-state index in [1.165, 1.54) is 0 Å². The highest BCUT2D eigenvalue weighted by Crippen LogP contribution is 2.25. The van der Waals surface area contributed by atoms with Crippen LogP contribution in [0.4, 0.5) is 0 Å². The van der Waals surface area contributed by atoms with Gasteiger partial charge in [-0.1, -0.05) is 17.7 Å². The minimum Gasteiger partial charge on any atom is -0.489 e. The topological polar surface area (TPSA) is 56.5 Å². The Balaban J connectivity index is 2.64. The molecule has 1 N–H and O–H groups in total. The van der Waals surface area contributed by atoms with Crippen molar-refractivity contribution in [1.82, 2.24) is 4.90 Å². The Bertz CT molecular complexity index is 415. The van der Waals surface area contributed by atoms with Crippen molar-refractivity contribution in [3.8, 4) is 11.8 Å². The molecule has 5 heteroatoms. The highest BCUT2D eigenvalue weighted by molar-refractivity contribution is 6.31. The number of benzene rings is 1. The van der Waals surface area contributed by atoms with Crippen molar-refractivity contribution in [1.29, 1.82) is 5.26 Å². The lowest BCUT2D eigenvalue weighted by Crippen LogP contribution is -2.30. The SMILES string of the molecule is CN(C)CC(O)COc1cccc(Cl)c1C#N. The van der Waals surface area contributed by atoms with Crippen LogP contribution in [-0.4, -0.2) is 43.4 Å². The van der Waals surface area contributed by atoms with Gasteiger partial charge in [0.2, 0.25) is 0 Å². The number of rotatable bonds is 5. The molecule has 1 unspecified atom stereocenters. The molecule has 17 heavy (non-hydrogen) atoms. The fraction of sp³-hybridized carbons (Fsp3) is 0.417. The van der Waals surface area contributed by atoms with Crippen LogP contribution in [0.25, 0.3) is 0 Å². The average Bonchev–Trinajstić information content (AvgIpc) is 2.25. The number of nitriles is 1. The van der Waals surface area contributed by atoms with Crippen LogP contribution < -0.4 is 4.74 Å². The number of ether oxygens (including phenoxy) is 1. The summed E-state index contributed by atoms with van der Waals surface area (Å²) in [6.07, 6.45) is -0.601. The van der Waals surface area contributed by atoms with Gasteiger partial charge in [0.15, 0.2) is 0 Å². The summed E-state index contributed by atoms with van der Waals surface area (Å²) in [7, 11) is 3.73. The third kappa shape index (κ3) is 4.23. The lowest BCUT2D eigenvalue weighted by atomic mass is 10.2. The summed E-state index contributed by atoms with van der Waals surface area (Å²) in [5.41, 5.74) is 0.297. The fourth-order valence-corrected chi connectivity index (χ4v) is 1.60. The first-order chi connectivity index (χ1) is 8.04. The Morgan fingerprint density at radius 2 is 2.24 bits per heavy atom. The van der Waals surface area contributed by atoms with Crippen molar-refractivity contribution in [3.05, 3.63) is 28.8 Å². The molecule has 0 fully saturated rings. The minimum absolute atomic E-state index is 0.132. The van der Waals surface area contributed by atoms with E-state index >= 15 is 0 Å². The average molecular weight is 255 g/mol. The van der Waals surface area contributed by atoms with Gasteiger partial charge in [-0.25, -0.2) is 0 Å². The van der Waals surface area contributed by atoms with E-state index in [0.717, 1.165) is 0 Å². The van der Waals surface area contributed by atoms with Crippen LogP contribution in [0, 0.1) is 11.3 Å². The molecule has 1 rings (SSSR count). The van der Waals surface area contributed by atoms with Crippen LogP contribution in [0.5, 0.6) is 5.75 Å². The van der Waals surface area contributed by atoms with Gasteiger partial charge >= 0.3 is 0 Å². The standard InChI is InChI=1S/C12H15ClN2O2/c1-15(2)7-9(16)8-17-12-5-3-4-11(13)10(12)6-14/h3-5,9,16H,7-8H2,1-2H3. The molecule has 0 bridgehead atoms. The van der Waals surface area contributed by atoms with E-state index < -0.39 is 6.10 Å². The van der Waals surface area contributed by atoms with E-state index in [2.05, 4.69) is 0 Å². The molecule has 0 amide bonds. The summed E-state index contributed by atoms with van der Waals surface area (Å²) in [4.78, 5) is 1.86. The maximum absolute atomic E-state index is 9.63. The van der Waals surface area contributed by atoms with Crippen LogP contribution in [0.1, 0.15) is 5.56 Å². The predicted octanol–water partition coefficient (Wildman–Crippen LogP) is 1.51. The maximum Gasteiger partial charge on any atom is 0.138 e. The smallest absolute Gasteiger partial charge is 0.138 e. The zero-order valence-electron chi connectivity index (χ0n) is 9.85. The van der Waals surface area contributed by atoms with Crippen molar-refractivity contribution < 1.29 is 9.84 Å². The molecule has 0 aliphatic heterocycles. The van der Waals surface area contributed by atoms with E-state index in [1.54, 1.807) is 18.2 Å². The van der Waals surface area contributed by atoms with E-state index in [9.17, 15) is 5.11 Å². The summed E-state index contributed by atoms with van der Waals surface area (Å²) < 4.78 is 5.39. The maximum atomic E-state index is 9.63. The molecule has 0 aliphatic carbocycles. The first-order valence-corrected chi connectivity index (χ1v) is 5.56. The number of nitrogens with zero attached hydrogens (tertiary/aromatic N) is 2. The number of likely N-dealkylation sites (N-methyl/N-ethyl adjacent to an activating group) is 1. The number of aliphatic hydroxyl groups is 1. The Kier molecular flexibility index (Phi) is 5.23. The Hall–Kier alpha value is -1.28. The molecule has 1 aromatic carbocycles. The molecule has 0 saturated carbocycles. The summed E-state index contributed by atoms with van der Waals surface area (Å²) in [5.74, 6) is 0.401. The quantitative estimate of drug-likeness (QED) is 0.866. The number of aliphatic hydroxyl groups excluding tert-OH is 1. The van der Waals surface area contributed by atoms with Gasteiger partial charge in [-0.2, -0.15) is 5.26 Å². The second kappa shape index (κ2) is 6.45. The molecule has 0 spiro atoms. The zero-order valence-corrected chi connectivity index (χ0v) is 10.6. The summed E-state index contributed by atoms with van der Waals surface area (Å²) in [6, 6.07) is 6.97. The summed E-state index contributed by atoms with van der Waals surface area (Å²) >= 11 is 5.86. The Labute approximate surface area is 106 Å². The molecule has 0 saturated heterocycles. The van der Waals surface area contributed by atoms with Crippen LogP contribution in [0.3, 0.4) is 0 Å². The van der Waals surface area contributed by atoms with E-state index in [-0.39, 0.29) is 6.61 Å². The van der Waals surface area contributed by atoms with Gasteiger partial charge in [-0.05, 0) is 26.2 Å². The van der Waals surface area contributed by atoms with Gasteiger partial charge in [0.05, 0.1) is 5.02 Å². The number of halogens is 1. The van der Waals surface area contributed by atoms with E-state index in [1.807, 2.05) is 25.1 Å². The molecule has 1 atom stereocenters. The summed E-state index contributed by atoms with van der Waals surface area (Å²) in [6.45, 7) is 0.635. The highest BCUT2D eigenvalue weighted by Gasteiger charge is 2.10. The highest BCUT2D eigenvalue weighted by atomic mass is 35.5. The van der Waals surface area contributed by atoms with Crippen molar-refractivity contribution >= 4 is 11.6 Å². The van der Waals surface area contributed by atoms with Crippen LogP contribution in [-0.2, 0) is 0 Å². The van der Waals surface area contributed by atoms with Gasteiger partial charge in [-0.3, -0.25) is 0 Å². The molecular weight excluding hydrogens is 240 g/mol. The van der Waals surface area contributed by atoms with Gasteiger partial charge < -0.3 is 14.7 Å². The number of hydrogen-bond donors (Lipinski definition) is 1. The van der Waals surface area contributed by atoms with Crippen molar-refractivity contribution in [3.63, 3.8) is 0 Å². The molecule has 4 nitrogen and oxygen atoms in total. The van der Waals surface area contributed by atoms with E-state index in [4.69, 9.17) is 21.6 Å². The van der Waals surface area contributed by atoms with Crippen molar-refractivity contribution in [2.24, 2.45) is 0 Å². The molecular formula is C12H15ClN2O2. The molecule has 0 aromatic heterocycles. The molecule has 0 aliphatic rings. The second-order valence-corrected chi connectivity index (χ2v) is 4.36. The van der Waals surface area contributed by atoms with Crippen LogP contribution >= 0.6 is 11.6 Å². The molecule has 0 heterocycles.